The van der Waals surface area contributed by atoms with Crippen molar-refractivity contribution in [1.29, 1.82) is 0 Å². The van der Waals surface area contributed by atoms with Crippen LogP contribution < -0.4 is 10.5 Å². The first kappa shape index (κ1) is 12.7. The van der Waals surface area contributed by atoms with Gasteiger partial charge in [0.1, 0.15) is 12.4 Å². The first-order valence-electron chi connectivity index (χ1n) is 5.75. The van der Waals surface area contributed by atoms with Gasteiger partial charge < -0.3 is 10.5 Å². The van der Waals surface area contributed by atoms with E-state index in [4.69, 9.17) is 10.5 Å². The largest absolute Gasteiger partial charge is 0.488 e. The number of nitrogens with two attached hydrogens (primary N) is 1. The predicted octanol–water partition coefficient (Wildman–Crippen LogP) is 2.95. The summed E-state index contributed by atoms with van der Waals surface area (Å²) < 4.78 is 5.73. The predicted molar refractivity (Wildman–Crippen MR) is 75.8 cm³/mol. The van der Waals surface area contributed by atoms with Crippen LogP contribution in [0, 0.1) is 18.8 Å². The van der Waals surface area contributed by atoms with Crippen LogP contribution in [-0.4, -0.2) is 6.54 Å². The number of benzene rings is 1. The van der Waals surface area contributed by atoms with Crippen molar-refractivity contribution in [1.82, 2.24) is 0 Å². The van der Waals surface area contributed by atoms with Gasteiger partial charge in [0.25, 0.3) is 0 Å². The molecule has 0 aliphatic carbocycles. The molecule has 0 unspecified atom stereocenters. The maximum absolute atomic E-state index is 5.73. The van der Waals surface area contributed by atoms with Crippen LogP contribution in [0.25, 0.3) is 0 Å². The molecule has 0 aliphatic rings. The molecule has 2 rings (SSSR count). The van der Waals surface area contributed by atoms with E-state index in [1.54, 1.807) is 11.3 Å². The Morgan fingerprint density at radius 2 is 2.17 bits per heavy atom. The van der Waals surface area contributed by atoms with Crippen LogP contribution in [0.1, 0.15) is 15.3 Å². The molecule has 2 nitrogen and oxygen atoms in total. The summed E-state index contributed by atoms with van der Waals surface area (Å²) in [6.07, 6.45) is 0. The molecule has 0 amide bonds. The Labute approximate surface area is 111 Å². The Kier molecular flexibility index (Phi) is 4.40. The van der Waals surface area contributed by atoms with Gasteiger partial charge in [-0.15, -0.1) is 11.3 Å². The fourth-order valence-electron chi connectivity index (χ4n) is 1.52. The summed E-state index contributed by atoms with van der Waals surface area (Å²) in [6.45, 7) is 3.03. The van der Waals surface area contributed by atoms with Crippen LogP contribution >= 0.6 is 11.3 Å². The lowest BCUT2D eigenvalue weighted by Crippen LogP contribution is -1.92. The molecule has 1 aromatic carbocycles. The van der Waals surface area contributed by atoms with Crippen molar-refractivity contribution in [3.8, 4) is 17.6 Å². The van der Waals surface area contributed by atoms with Gasteiger partial charge in [0.2, 0.25) is 0 Å². The average molecular weight is 257 g/mol. The molecule has 0 bridgehead atoms. The van der Waals surface area contributed by atoms with Gasteiger partial charge in [0.15, 0.2) is 0 Å². The second-order valence-corrected chi connectivity index (χ2v) is 5.05. The lowest BCUT2D eigenvalue weighted by atomic mass is 10.2. The molecule has 0 fully saturated rings. The maximum Gasteiger partial charge on any atom is 0.122 e. The van der Waals surface area contributed by atoms with E-state index in [9.17, 15) is 0 Å². The molecule has 0 radical (unpaired) electrons. The van der Waals surface area contributed by atoms with Gasteiger partial charge in [0.05, 0.1) is 11.4 Å². The van der Waals surface area contributed by atoms with Crippen molar-refractivity contribution in [2.45, 2.75) is 13.5 Å². The van der Waals surface area contributed by atoms with Gasteiger partial charge in [-0.3, -0.25) is 0 Å². The van der Waals surface area contributed by atoms with Crippen molar-refractivity contribution in [3.63, 3.8) is 0 Å². The Morgan fingerprint density at radius 3 is 2.94 bits per heavy atom. The average Bonchev–Trinajstić information content (AvgIpc) is 2.82. The molecule has 0 saturated heterocycles. The quantitative estimate of drug-likeness (QED) is 0.858. The molecule has 1 heterocycles. The molecule has 92 valence electrons. The summed E-state index contributed by atoms with van der Waals surface area (Å²) in [7, 11) is 0. The fraction of sp³-hybridized carbons (Fsp3) is 0.200. The number of hydrogen-bond donors (Lipinski definition) is 1. The Bertz CT molecular complexity index is 577. The van der Waals surface area contributed by atoms with E-state index in [2.05, 4.69) is 24.8 Å². The molecular weight excluding hydrogens is 242 g/mol. The highest BCUT2D eigenvalue weighted by Gasteiger charge is 1.99. The van der Waals surface area contributed by atoms with Crippen molar-refractivity contribution < 1.29 is 4.74 Å². The summed E-state index contributed by atoms with van der Waals surface area (Å²) >= 11 is 1.64. The molecule has 1 aromatic heterocycles. The van der Waals surface area contributed by atoms with E-state index >= 15 is 0 Å². The highest BCUT2D eigenvalue weighted by atomic mass is 32.1. The number of thiophene rings is 1. The molecule has 0 atom stereocenters. The topological polar surface area (TPSA) is 35.2 Å². The molecule has 0 spiro atoms. The highest BCUT2D eigenvalue weighted by Crippen LogP contribution is 2.19. The number of hydrogen-bond acceptors (Lipinski definition) is 3. The molecule has 18 heavy (non-hydrogen) atoms. The summed E-state index contributed by atoms with van der Waals surface area (Å²) in [5.74, 6) is 6.77. The summed E-state index contributed by atoms with van der Waals surface area (Å²) in [5, 5.41) is 0. The lowest BCUT2D eigenvalue weighted by molar-refractivity contribution is 0.309. The number of ether oxygens (including phenoxy) is 1. The zero-order chi connectivity index (χ0) is 12.8. The normalized spacial score (nSPS) is 9.67. The maximum atomic E-state index is 5.73. The second kappa shape index (κ2) is 6.25. The highest BCUT2D eigenvalue weighted by molar-refractivity contribution is 7.12. The number of rotatable bonds is 3. The molecule has 2 N–H and O–H groups in total. The fourth-order valence-corrected chi connectivity index (χ4v) is 2.32. The third-order valence-electron chi connectivity index (χ3n) is 2.35. The zero-order valence-electron chi connectivity index (χ0n) is 10.3. The van der Waals surface area contributed by atoms with Gasteiger partial charge >= 0.3 is 0 Å². The lowest BCUT2D eigenvalue weighted by Gasteiger charge is -2.04. The third-order valence-corrected chi connectivity index (χ3v) is 3.32. The van der Waals surface area contributed by atoms with E-state index in [1.807, 2.05) is 30.3 Å². The minimum Gasteiger partial charge on any atom is -0.488 e. The SMILES string of the molecule is Cc1cccc(OCc2ccc(C#CCN)s2)c1. The third kappa shape index (κ3) is 3.63. The molecule has 0 saturated carbocycles. The minimum atomic E-state index is 0.396. The molecule has 3 heteroatoms. The summed E-state index contributed by atoms with van der Waals surface area (Å²) in [4.78, 5) is 2.20. The van der Waals surface area contributed by atoms with Crippen LogP contribution in [0.2, 0.25) is 0 Å². The molecular formula is C15H15NOS. The van der Waals surface area contributed by atoms with Crippen LogP contribution in [-0.2, 0) is 6.61 Å². The minimum absolute atomic E-state index is 0.396. The molecule has 0 aliphatic heterocycles. The Balaban J connectivity index is 1.96. The Morgan fingerprint density at radius 1 is 1.28 bits per heavy atom. The van der Waals surface area contributed by atoms with Crippen LogP contribution in [0.4, 0.5) is 0 Å². The van der Waals surface area contributed by atoms with Gasteiger partial charge in [-0.1, -0.05) is 24.0 Å². The van der Waals surface area contributed by atoms with Crippen LogP contribution in [0.5, 0.6) is 5.75 Å². The van der Waals surface area contributed by atoms with Crippen molar-refractivity contribution in [2.24, 2.45) is 5.73 Å². The van der Waals surface area contributed by atoms with Crippen LogP contribution in [0.3, 0.4) is 0 Å². The monoisotopic (exact) mass is 257 g/mol. The summed E-state index contributed by atoms with van der Waals surface area (Å²) in [6, 6.07) is 12.1. The van der Waals surface area contributed by atoms with Gasteiger partial charge in [-0.2, -0.15) is 0 Å². The summed E-state index contributed by atoms with van der Waals surface area (Å²) in [5.41, 5.74) is 6.54. The molecule has 2 aromatic rings. The van der Waals surface area contributed by atoms with E-state index in [0.717, 1.165) is 15.5 Å². The van der Waals surface area contributed by atoms with Gasteiger partial charge in [0, 0.05) is 4.88 Å². The van der Waals surface area contributed by atoms with Crippen LogP contribution in [0.15, 0.2) is 36.4 Å². The van der Waals surface area contributed by atoms with E-state index < -0.39 is 0 Å². The first-order valence-corrected chi connectivity index (χ1v) is 6.56. The van der Waals surface area contributed by atoms with Gasteiger partial charge in [-0.05, 0) is 36.8 Å². The van der Waals surface area contributed by atoms with E-state index in [-0.39, 0.29) is 0 Å². The van der Waals surface area contributed by atoms with Crippen molar-refractivity contribution >= 4 is 11.3 Å². The van der Waals surface area contributed by atoms with Crippen molar-refractivity contribution in [2.75, 3.05) is 6.54 Å². The standard InChI is InChI=1S/C15H15NOS/c1-12-4-2-5-13(10-12)17-11-15-8-7-14(18-15)6-3-9-16/h2,4-5,7-8,10H,9,11,16H2,1H3. The smallest absolute Gasteiger partial charge is 0.122 e. The first-order chi connectivity index (χ1) is 8.78. The van der Waals surface area contributed by atoms with E-state index in [0.29, 0.717) is 13.2 Å². The number of aryl methyl sites for hydroxylation is 1. The Hall–Kier alpha value is -1.76. The zero-order valence-corrected chi connectivity index (χ0v) is 11.1. The van der Waals surface area contributed by atoms with Crippen molar-refractivity contribution in [3.05, 3.63) is 51.7 Å². The second-order valence-electron chi connectivity index (χ2n) is 3.88. The van der Waals surface area contributed by atoms with Gasteiger partial charge in [-0.25, -0.2) is 0 Å². The van der Waals surface area contributed by atoms with E-state index in [1.165, 1.54) is 5.56 Å².